The smallest absolute Gasteiger partial charge is 0.382 e. The number of nitriles is 1. The molecule has 2 N–H and O–H groups in total. The van der Waals surface area contributed by atoms with Gasteiger partial charge in [0.1, 0.15) is 12.2 Å². The van der Waals surface area contributed by atoms with E-state index < -0.39 is 39.7 Å². The Hall–Kier alpha value is -4.06. The van der Waals surface area contributed by atoms with Crippen molar-refractivity contribution in [3.63, 3.8) is 0 Å². The summed E-state index contributed by atoms with van der Waals surface area (Å²) in [6.45, 7) is 0.586. The van der Waals surface area contributed by atoms with Crippen molar-refractivity contribution in [2.75, 3.05) is 30.3 Å². The summed E-state index contributed by atoms with van der Waals surface area (Å²) in [4.78, 5) is 24.2. The standard InChI is InChI=1S/C28H29F6N5O4/c29-27(30,31)23-13-20(2-1-17(23)15-35)36-18-3-6-22(7-4-18)43-16-26(40)38-11-9-19(10-12-38)37-21-5-8-25(39(41)42)24(14-21)28(32,33)34/h1-2,5,8,13-14,18-19,22,36-37H,3-4,6-7,9-12,16H2/t18-,22-. The zero-order chi connectivity index (χ0) is 31.4. The van der Waals surface area contributed by atoms with Crippen LogP contribution in [0.2, 0.25) is 0 Å². The Labute approximate surface area is 242 Å². The topological polar surface area (TPSA) is 121 Å². The molecule has 15 heteroatoms. The highest BCUT2D eigenvalue weighted by molar-refractivity contribution is 5.77. The van der Waals surface area contributed by atoms with Gasteiger partial charge in [0.15, 0.2) is 0 Å². The summed E-state index contributed by atoms with van der Waals surface area (Å²) in [7, 11) is 0. The summed E-state index contributed by atoms with van der Waals surface area (Å²) in [6.07, 6.45) is -6.32. The highest BCUT2D eigenvalue weighted by atomic mass is 19.4. The maximum Gasteiger partial charge on any atom is 0.423 e. The van der Waals surface area contributed by atoms with E-state index in [-0.39, 0.29) is 42.1 Å². The van der Waals surface area contributed by atoms with Crippen molar-refractivity contribution in [1.29, 1.82) is 5.26 Å². The van der Waals surface area contributed by atoms with Crippen molar-refractivity contribution in [2.24, 2.45) is 0 Å². The van der Waals surface area contributed by atoms with E-state index in [0.717, 1.165) is 24.3 Å². The van der Waals surface area contributed by atoms with Crippen molar-refractivity contribution in [3.8, 4) is 6.07 Å². The van der Waals surface area contributed by atoms with Crippen LogP contribution in [-0.4, -0.2) is 53.6 Å². The Morgan fingerprint density at radius 3 is 1.98 bits per heavy atom. The van der Waals surface area contributed by atoms with Gasteiger partial charge in [-0.25, -0.2) is 0 Å². The van der Waals surface area contributed by atoms with Crippen LogP contribution in [0.1, 0.15) is 55.2 Å². The number of nitrogens with zero attached hydrogens (tertiary/aromatic N) is 3. The van der Waals surface area contributed by atoms with Gasteiger partial charge in [-0.15, -0.1) is 0 Å². The number of amides is 1. The Kier molecular flexibility index (Phi) is 9.69. The summed E-state index contributed by atoms with van der Waals surface area (Å²) < 4.78 is 85.3. The molecule has 4 rings (SSSR count). The van der Waals surface area contributed by atoms with Gasteiger partial charge in [-0.2, -0.15) is 31.6 Å². The number of rotatable bonds is 8. The number of alkyl halides is 6. The van der Waals surface area contributed by atoms with Crippen LogP contribution in [-0.2, 0) is 21.9 Å². The minimum absolute atomic E-state index is 0.0842. The summed E-state index contributed by atoms with van der Waals surface area (Å²) in [5.74, 6) is -0.217. The predicted octanol–water partition coefficient (Wildman–Crippen LogP) is 6.35. The van der Waals surface area contributed by atoms with Crippen LogP contribution in [0, 0.1) is 21.4 Å². The van der Waals surface area contributed by atoms with E-state index in [1.54, 1.807) is 11.0 Å². The minimum Gasteiger partial charge on any atom is -0.382 e. The number of anilines is 2. The number of halogens is 6. The lowest BCUT2D eigenvalue weighted by atomic mass is 9.92. The van der Waals surface area contributed by atoms with Crippen LogP contribution in [0.15, 0.2) is 36.4 Å². The molecule has 1 aliphatic carbocycles. The molecule has 1 saturated heterocycles. The van der Waals surface area contributed by atoms with Gasteiger partial charge in [0.2, 0.25) is 5.91 Å². The molecule has 0 atom stereocenters. The molecular weight excluding hydrogens is 584 g/mol. The SMILES string of the molecule is N#Cc1ccc(N[C@H]2CC[C@H](OCC(=O)N3CCC(Nc4ccc([N+](=O)[O-])c(C(F)(F)F)c4)CC3)CC2)cc1C(F)(F)F. The average molecular weight is 614 g/mol. The molecule has 43 heavy (non-hydrogen) atoms. The Morgan fingerprint density at radius 1 is 0.907 bits per heavy atom. The van der Waals surface area contributed by atoms with E-state index >= 15 is 0 Å². The molecule has 2 aromatic carbocycles. The molecule has 1 amide bonds. The number of hydrogen-bond acceptors (Lipinski definition) is 7. The lowest BCUT2D eigenvalue weighted by Gasteiger charge is -2.34. The Morgan fingerprint density at radius 2 is 1.44 bits per heavy atom. The third-order valence-electron chi connectivity index (χ3n) is 7.65. The zero-order valence-electron chi connectivity index (χ0n) is 22.8. The number of hydrogen-bond donors (Lipinski definition) is 2. The maximum absolute atomic E-state index is 13.3. The highest BCUT2D eigenvalue weighted by Gasteiger charge is 2.39. The average Bonchev–Trinajstić information content (AvgIpc) is 2.96. The first-order chi connectivity index (χ1) is 20.2. The number of carbonyl (C=O) groups is 1. The summed E-state index contributed by atoms with van der Waals surface area (Å²) in [5, 5.41) is 26.0. The third-order valence-corrected chi connectivity index (χ3v) is 7.65. The van der Waals surface area contributed by atoms with E-state index in [0.29, 0.717) is 51.6 Å². The van der Waals surface area contributed by atoms with Crippen LogP contribution >= 0.6 is 0 Å². The quantitative estimate of drug-likeness (QED) is 0.202. The van der Waals surface area contributed by atoms with Crippen LogP contribution < -0.4 is 10.6 Å². The van der Waals surface area contributed by atoms with Crippen molar-refractivity contribution in [3.05, 3.63) is 63.2 Å². The molecule has 232 valence electrons. The van der Waals surface area contributed by atoms with Gasteiger partial charge >= 0.3 is 12.4 Å². The molecule has 1 heterocycles. The van der Waals surface area contributed by atoms with Crippen LogP contribution in [0.4, 0.5) is 43.4 Å². The second-order valence-electron chi connectivity index (χ2n) is 10.6. The second kappa shape index (κ2) is 13.1. The van der Waals surface area contributed by atoms with Gasteiger partial charge < -0.3 is 20.3 Å². The molecule has 0 spiro atoms. The van der Waals surface area contributed by atoms with E-state index in [1.165, 1.54) is 12.1 Å². The number of likely N-dealkylation sites (tertiary alicyclic amines) is 1. The normalized spacial score (nSPS) is 19.9. The predicted molar refractivity (Wildman–Crippen MR) is 143 cm³/mol. The van der Waals surface area contributed by atoms with Crippen molar-refractivity contribution in [1.82, 2.24) is 4.90 Å². The number of nitrogens with one attached hydrogen (secondary N) is 2. The minimum atomic E-state index is -4.88. The molecule has 9 nitrogen and oxygen atoms in total. The number of ether oxygens (including phenoxy) is 1. The first-order valence-corrected chi connectivity index (χ1v) is 13.6. The second-order valence-corrected chi connectivity index (χ2v) is 10.6. The van der Waals surface area contributed by atoms with Crippen LogP contribution in [0.5, 0.6) is 0 Å². The summed E-state index contributed by atoms with van der Waals surface area (Å²) in [5.41, 5.74) is -3.40. The van der Waals surface area contributed by atoms with E-state index in [2.05, 4.69) is 10.6 Å². The van der Waals surface area contributed by atoms with Crippen LogP contribution in [0.3, 0.4) is 0 Å². The van der Waals surface area contributed by atoms with Crippen molar-refractivity contribution >= 4 is 23.0 Å². The van der Waals surface area contributed by atoms with Gasteiger partial charge in [-0.05, 0) is 68.9 Å². The molecule has 0 aromatic heterocycles. The van der Waals surface area contributed by atoms with E-state index in [9.17, 15) is 41.3 Å². The molecule has 1 saturated carbocycles. The summed E-state index contributed by atoms with van der Waals surface area (Å²) >= 11 is 0. The number of nitro groups is 1. The largest absolute Gasteiger partial charge is 0.423 e. The summed E-state index contributed by atoms with van der Waals surface area (Å²) in [6, 6.07) is 7.54. The molecule has 0 radical (unpaired) electrons. The lowest BCUT2D eigenvalue weighted by molar-refractivity contribution is -0.388. The fourth-order valence-electron chi connectivity index (χ4n) is 5.38. The maximum atomic E-state index is 13.3. The number of piperidine rings is 1. The van der Waals surface area contributed by atoms with Gasteiger partial charge in [-0.3, -0.25) is 14.9 Å². The molecule has 0 unspecified atom stereocenters. The molecule has 0 bridgehead atoms. The van der Waals surface area contributed by atoms with E-state index in [4.69, 9.17) is 10.00 Å². The monoisotopic (exact) mass is 613 g/mol. The van der Waals surface area contributed by atoms with Crippen molar-refractivity contribution < 1.29 is 40.8 Å². The molecular formula is C28H29F6N5O4. The first-order valence-electron chi connectivity index (χ1n) is 13.6. The molecule has 2 aliphatic rings. The van der Waals surface area contributed by atoms with Gasteiger partial charge in [0.05, 0.1) is 28.2 Å². The Bertz CT molecular complexity index is 1360. The number of nitro benzene ring substituents is 1. The lowest BCUT2D eigenvalue weighted by Crippen LogP contribution is -2.44. The first kappa shape index (κ1) is 31.9. The Balaban J connectivity index is 1.19. The van der Waals surface area contributed by atoms with Gasteiger partial charge in [0.25, 0.3) is 5.69 Å². The van der Waals surface area contributed by atoms with Crippen LogP contribution in [0.25, 0.3) is 0 Å². The fourth-order valence-corrected chi connectivity index (χ4v) is 5.38. The fraction of sp³-hybridized carbons (Fsp3) is 0.500. The van der Waals surface area contributed by atoms with E-state index in [1.807, 2.05) is 0 Å². The molecule has 2 aromatic rings. The number of benzene rings is 2. The highest BCUT2D eigenvalue weighted by Crippen LogP contribution is 2.38. The van der Waals surface area contributed by atoms with Gasteiger partial charge in [0, 0.05) is 42.6 Å². The molecule has 2 fully saturated rings. The third kappa shape index (κ3) is 8.28. The zero-order valence-corrected chi connectivity index (χ0v) is 22.8. The number of carbonyl (C=O) groups excluding carboxylic acids is 1. The van der Waals surface area contributed by atoms with Crippen molar-refractivity contribution in [2.45, 2.75) is 69.1 Å². The van der Waals surface area contributed by atoms with Gasteiger partial charge in [-0.1, -0.05) is 0 Å². The molecule has 1 aliphatic heterocycles.